The van der Waals surface area contributed by atoms with Gasteiger partial charge in [-0.25, -0.2) is 14.8 Å². The molecule has 3 heterocycles. The molecule has 2 aliphatic rings. The fourth-order valence-corrected chi connectivity index (χ4v) is 6.24. The Morgan fingerprint density at radius 3 is 2.18 bits per heavy atom. The molecular formula is C38H44N6O5. The highest BCUT2D eigenvalue weighted by molar-refractivity contribution is 5.87. The lowest BCUT2D eigenvalue weighted by Gasteiger charge is -2.40. The third kappa shape index (κ3) is 9.48. The summed E-state index contributed by atoms with van der Waals surface area (Å²) < 4.78 is 13.1. The van der Waals surface area contributed by atoms with Crippen molar-refractivity contribution in [3.63, 3.8) is 0 Å². The van der Waals surface area contributed by atoms with Crippen LogP contribution in [0.1, 0.15) is 53.6 Å². The predicted molar refractivity (Wildman–Crippen MR) is 186 cm³/mol. The molecule has 11 heteroatoms. The Bertz CT molecular complexity index is 1630. The molecule has 0 saturated carbocycles. The highest BCUT2D eigenvalue weighted by atomic mass is 16.7. The summed E-state index contributed by atoms with van der Waals surface area (Å²) in [6.45, 7) is 6.02. The van der Waals surface area contributed by atoms with E-state index in [1.807, 2.05) is 84.9 Å². The molecule has 3 N–H and O–H groups in total. The van der Waals surface area contributed by atoms with Gasteiger partial charge in [0.05, 0.1) is 24.9 Å². The van der Waals surface area contributed by atoms with Crippen LogP contribution >= 0.6 is 0 Å². The molecule has 6 rings (SSSR count). The molecule has 4 atom stereocenters. The van der Waals surface area contributed by atoms with Crippen LogP contribution in [0.25, 0.3) is 0 Å². The summed E-state index contributed by atoms with van der Waals surface area (Å²) in [6, 6.07) is 26.2. The number of amides is 2. The molecule has 256 valence electrons. The van der Waals surface area contributed by atoms with Crippen LogP contribution < -0.4 is 15.5 Å². The van der Waals surface area contributed by atoms with Crippen LogP contribution in [0.2, 0.25) is 0 Å². The summed E-state index contributed by atoms with van der Waals surface area (Å²) in [5.41, 5.74) is 4.68. The normalized spacial score (nSPS) is 20.4. The van der Waals surface area contributed by atoms with Gasteiger partial charge in [0.25, 0.3) is 0 Å². The van der Waals surface area contributed by atoms with Gasteiger partial charge >= 0.3 is 6.03 Å². The zero-order valence-electron chi connectivity index (χ0n) is 27.8. The first-order valence-electron chi connectivity index (χ1n) is 16.9. The van der Waals surface area contributed by atoms with E-state index >= 15 is 0 Å². The molecule has 4 unspecified atom stereocenters. The van der Waals surface area contributed by atoms with Gasteiger partial charge in [-0.1, -0.05) is 78.9 Å². The van der Waals surface area contributed by atoms with E-state index in [-0.39, 0.29) is 24.6 Å². The number of rotatable bonds is 12. The smallest absolute Gasteiger partial charge is 0.315 e. The third-order valence-electron chi connectivity index (χ3n) is 9.07. The van der Waals surface area contributed by atoms with Gasteiger partial charge in [0.15, 0.2) is 12.1 Å². The van der Waals surface area contributed by atoms with Crippen molar-refractivity contribution in [2.45, 2.75) is 57.5 Å². The van der Waals surface area contributed by atoms with Gasteiger partial charge in [-0.3, -0.25) is 9.69 Å². The summed E-state index contributed by atoms with van der Waals surface area (Å²) >= 11 is 0. The zero-order valence-corrected chi connectivity index (χ0v) is 27.8. The minimum atomic E-state index is -0.604. The number of benzene rings is 3. The van der Waals surface area contributed by atoms with E-state index in [9.17, 15) is 14.7 Å². The number of carbonyl (C=O) groups excluding carboxylic acids is 2. The maximum Gasteiger partial charge on any atom is 0.315 e. The second kappa shape index (κ2) is 16.6. The van der Waals surface area contributed by atoms with E-state index in [2.05, 4.69) is 30.4 Å². The molecule has 2 fully saturated rings. The van der Waals surface area contributed by atoms with Gasteiger partial charge < -0.3 is 30.1 Å². The van der Waals surface area contributed by atoms with Gasteiger partial charge in [0.2, 0.25) is 5.95 Å². The molecular weight excluding hydrogens is 620 g/mol. The van der Waals surface area contributed by atoms with Crippen LogP contribution in [0.5, 0.6) is 0 Å². The van der Waals surface area contributed by atoms with E-state index < -0.39 is 18.4 Å². The number of piperazine rings is 1. The van der Waals surface area contributed by atoms with Gasteiger partial charge in [0, 0.05) is 63.6 Å². The van der Waals surface area contributed by atoms with Gasteiger partial charge in [-0.15, -0.1) is 0 Å². The monoisotopic (exact) mass is 664 g/mol. The number of Topliss-reactive ketones (excluding diaryl/α,β-unsaturated/α-hetero) is 1. The Labute approximate surface area is 287 Å². The van der Waals surface area contributed by atoms with E-state index in [0.717, 1.165) is 66.5 Å². The van der Waals surface area contributed by atoms with E-state index in [1.54, 1.807) is 12.4 Å². The Balaban J connectivity index is 1.07. The van der Waals surface area contributed by atoms with Gasteiger partial charge in [-0.2, -0.15) is 0 Å². The molecule has 0 bridgehead atoms. The maximum absolute atomic E-state index is 12.7. The molecule has 0 radical (unpaired) electrons. The number of ketones is 1. The summed E-state index contributed by atoms with van der Waals surface area (Å²) in [5.74, 6) is 0.666. The second-order valence-electron chi connectivity index (χ2n) is 12.6. The summed E-state index contributed by atoms with van der Waals surface area (Å²) in [6.07, 6.45) is 3.89. The lowest BCUT2D eigenvalue weighted by Crippen LogP contribution is -2.50. The van der Waals surface area contributed by atoms with Crippen molar-refractivity contribution >= 4 is 17.8 Å². The predicted octanol–water partition coefficient (Wildman–Crippen LogP) is 4.34. The Kier molecular flexibility index (Phi) is 11.6. The number of anilines is 1. The van der Waals surface area contributed by atoms with Crippen molar-refractivity contribution in [2.24, 2.45) is 0 Å². The lowest BCUT2D eigenvalue weighted by molar-refractivity contribution is -0.253. The average Bonchev–Trinajstić information content (AvgIpc) is 3.15. The third-order valence-corrected chi connectivity index (χ3v) is 9.07. The molecule has 2 saturated heterocycles. The summed E-state index contributed by atoms with van der Waals surface area (Å²) in [7, 11) is 0. The molecule has 1 aromatic heterocycles. The Morgan fingerprint density at radius 2 is 1.51 bits per heavy atom. The number of hydrogen-bond acceptors (Lipinski definition) is 9. The number of aromatic nitrogens is 2. The van der Waals surface area contributed by atoms with Crippen LogP contribution in [0.4, 0.5) is 10.7 Å². The van der Waals surface area contributed by atoms with Crippen LogP contribution in [-0.2, 0) is 33.8 Å². The number of urea groups is 1. The van der Waals surface area contributed by atoms with Crippen molar-refractivity contribution in [1.82, 2.24) is 25.5 Å². The SMILES string of the molecule is CC(=O)C(Cc1ccccc1)NC(=O)NCc1ccc(C2OC(CN3CCN(c4ncccn4)CC3)CC(c3ccc(CO)cc3)O2)cc1. The first-order chi connectivity index (χ1) is 23.9. The van der Waals surface area contributed by atoms with Crippen LogP contribution in [0, 0.1) is 0 Å². The quantitative estimate of drug-likeness (QED) is 0.203. The molecule has 2 amide bonds. The van der Waals surface area contributed by atoms with Crippen molar-refractivity contribution < 1.29 is 24.2 Å². The number of aliphatic hydroxyl groups is 1. The molecule has 2 aliphatic heterocycles. The largest absolute Gasteiger partial charge is 0.392 e. The average molecular weight is 665 g/mol. The zero-order chi connectivity index (χ0) is 34.0. The van der Waals surface area contributed by atoms with Crippen molar-refractivity contribution in [1.29, 1.82) is 0 Å². The second-order valence-corrected chi connectivity index (χ2v) is 12.6. The maximum atomic E-state index is 12.7. The van der Waals surface area contributed by atoms with Crippen molar-refractivity contribution in [2.75, 3.05) is 37.6 Å². The first-order valence-corrected chi connectivity index (χ1v) is 16.9. The standard InChI is InChI=1S/C38H44N6O5/c1-27(46)34(22-28-6-3-2-4-7-28)42-38(47)41-24-29-8-14-32(15-9-29)36-48-33(23-35(49-36)31-12-10-30(26-45)11-13-31)25-43-18-20-44(21-19-43)37-39-16-5-17-40-37/h2-17,33-36,45H,18-26H2,1H3,(H2,41,42,47). The Morgan fingerprint density at radius 1 is 0.837 bits per heavy atom. The molecule has 0 spiro atoms. The van der Waals surface area contributed by atoms with Crippen molar-refractivity contribution in [3.05, 3.63) is 125 Å². The summed E-state index contributed by atoms with van der Waals surface area (Å²) in [5, 5.41) is 15.2. The number of aliphatic hydroxyl groups excluding tert-OH is 1. The van der Waals surface area contributed by atoms with Crippen LogP contribution in [0.3, 0.4) is 0 Å². The van der Waals surface area contributed by atoms with Crippen LogP contribution in [-0.4, -0.2) is 76.7 Å². The molecule has 49 heavy (non-hydrogen) atoms. The number of ether oxygens (including phenoxy) is 2. The van der Waals surface area contributed by atoms with E-state index in [0.29, 0.717) is 19.4 Å². The lowest BCUT2D eigenvalue weighted by atomic mass is 9.99. The molecule has 11 nitrogen and oxygen atoms in total. The van der Waals surface area contributed by atoms with E-state index in [1.165, 1.54) is 6.92 Å². The Hall–Kier alpha value is -4.68. The van der Waals surface area contributed by atoms with Gasteiger partial charge in [0.1, 0.15) is 0 Å². The highest BCUT2D eigenvalue weighted by Gasteiger charge is 2.34. The number of nitrogens with one attached hydrogen (secondary N) is 2. The number of hydrogen-bond donors (Lipinski definition) is 3. The minimum absolute atomic E-state index is 0.00593. The van der Waals surface area contributed by atoms with Gasteiger partial charge in [-0.05, 0) is 41.7 Å². The molecule has 0 aliphatic carbocycles. The fraction of sp³-hybridized carbons (Fsp3) is 0.368. The highest BCUT2D eigenvalue weighted by Crippen LogP contribution is 2.38. The number of carbonyl (C=O) groups is 2. The summed E-state index contributed by atoms with van der Waals surface area (Å²) in [4.78, 5) is 38.3. The van der Waals surface area contributed by atoms with Crippen LogP contribution in [0.15, 0.2) is 97.3 Å². The minimum Gasteiger partial charge on any atom is -0.392 e. The number of nitrogens with zero attached hydrogens (tertiary/aromatic N) is 4. The first kappa shape index (κ1) is 34.2. The molecule has 3 aromatic carbocycles. The fourth-order valence-electron chi connectivity index (χ4n) is 6.24. The molecule has 4 aromatic rings. The topological polar surface area (TPSA) is 129 Å². The van der Waals surface area contributed by atoms with E-state index in [4.69, 9.17) is 9.47 Å². The van der Waals surface area contributed by atoms with Crippen molar-refractivity contribution in [3.8, 4) is 0 Å².